The fourth-order valence-corrected chi connectivity index (χ4v) is 3.45. The van der Waals surface area contributed by atoms with E-state index in [-0.39, 0.29) is 11.9 Å². The van der Waals surface area contributed by atoms with Gasteiger partial charge in [-0.3, -0.25) is 14.6 Å². The molecule has 1 fully saturated rings. The summed E-state index contributed by atoms with van der Waals surface area (Å²) in [6.07, 6.45) is 2.14. The summed E-state index contributed by atoms with van der Waals surface area (Å²) in [5.41, 5.74) is 0.972. The van der Waals surface area contributed by atoms with Crippen molar-refractivity contribution in [1.29, 1.82) is 0 Å². The topological polar surface area (TPSA) is 75.4 Å². The monoisotopic (exact) mass is 321 g/mol. The quantitative estimate of drug-likeness (QED) is 0.859. The molecular weight excluding hydrogens is 302 g/mol. The van der Waals surface area contributed by atoms with Crippen molar-refractivity contribution in [1.82, 2.24) is 20.0 Å². The van der Waals surface area contributed by atoms with Crippen molar-refractivity contribution in [2.24, 2.45) is 0 Å². The molecule has 0 unspecified atom stereocenters. The predicted molar refractivity (Wildman–Crippen MR) is 82.6 cm³/mol. The van der Waals surface area contributed by atoms with Crippen molar-refractivity contribution in [3.05, 3.63) is 22.8 Å². The van der Waals surface area contributed by atoms with Gasteiger partial charge in [-0.15, -0.1) is 11.3 Å². The number of carbonyl (C=O) groups excluding carboxylic acids is 1. The van der Waals surface area contributed by atoms with Crippen LogP contribution in [0.1, 0.15) is 43.2 Å². The number of hydrogen-bond acceptors (Lipinski definition) is 7. The third-order valence-corrected chi connectivity index (χ3v) is 4.83. The molecular formula is C14H19N5O2S. The molecule has 3 heterocycles. The summed E-state index contributed by atoms with van der Waals surface area (Å²) >= 11 is 1.49. The average molecular weight is 321 g/mol. The van der Waals surface area contributed by atoms with Crippen LogP contribution >= 0.6 is 11.3 Å². The first-order valence-electron chi connectivity index (χ1n) is 7.27. The molecule has 7 nitrogen and oxygen atoms in total. The van der Waals surface area contributed by atoms with Crippen molar-refractivity contribution in [2.75, 3.05) is 18.5 Å². The van der Waals surface area contributed by atoms with Gasteiger partial charge in [0, 0.05) is 32.8 Å². The van der Waals surface area contributed by atoms with Gasteiger partial charge in [0.15, 0.2) is 11.0 Å². The summed E-state index contributed by atoms with van der Waals surface area (Å²) in [5, 5.41) is 6.78. The molecule has 0 radical (unpaired) electrons. The number of likely N-dealkylation sites (tertiary alicyclic amines) is 1. The lowest BCUT2D eigenvalue weighted by Crippen LogP contribution is -2.24. The number of hydrogen-bond donors (Lipinski definition) is 0. The van der Waals surface area contributed by atoms with Crippen LogP contribution in [0.5, 0.6) is 0 Å². The van der Waals surface area contributed by atoms with Gasteiger partial charge < -0.3 is 4.52 Å². The molecule has 0 saturated carbocycles. The summed E-state index contributed by atoms with van der Waals surface area (Å²) in [4.78, 5) is 24.2. The van der Waals surface area contributed by atoms with Crippen molar-refractivity contribution < 1.29 is 9.32 Å². The van der Waals surface area contributed by atoms with Crippen LogP contribution in [0, 0.1) is 6.92 Å². The van der Waals surface area contributed by atoms with E-state index in [0.29, 0.717) is 5.89 Å². The maximum Gasteiger partial charge on any atom is 0.225 e. The van der Waals surface area contributed by atoms with Crippen LogP contribution in [-0.4, -0.2) is 39.5 Å². The normalized spacial score (nSPS) is 18.8. The largest absolute Gasteiger partial charge is 0.340 e. The molecule has 2 aromatic heterocycles. The fraction of sp³-hybridized carbons (Fsp3) is 0.571. The predicted octanol–water partition coefficient (Wildman–Crippen LogP) is 2.15. The van der Waals surface area contributed by atoms with Crippen molar-refractivity contribution >= 4 is 22.4 Å². The molecule has 1 aliphatic heterocycles. The molecule has 2 aromatic rings. The van der Waals surface area contributed by atoms with E-state index >= 15 is 0 Å². The van der Waals surface area contributed by atoms with Gasteiger partial charge in [-0.25, -0.2) is 4.98 Å². The minimum Gasteiger partial charge on any atom is -0.340 e. The average Bonchev–Trinajstić information content (AvgIpc) is 3.19. The number of anilines is 1. The molecule has 3 rings (SSSR count). The molecule has 8 heteroatoms. The third-order valence-electron chi connectivity index (χ3n) is 3.87. The van der Waals surface area contributed by atoms with E-state index in [2.05, 4.69) is 20.0 Å². The lowest BCUT2D eigenvalue weighted by atomic mass is 10.2. The highest BCUT2D eigenvalue weighted by atomic mass is 32.1. The molecule has 0 bridgehead atoms. The molecule has 0 aliphatic carbocycles. The van der Waals surface area contributed by atoms with Crippen LogP contribution in [0.3, 0.4) is 0 Å². The first kappa shape index (κ1) is 15.1. The van der Waals surface area contributed by atoms with Crippen LogP contribution in [0.4, 0.5) is 5.13 Å². The van der Waals surface area contributed by atoms with Crippen molar-refractivity contribution in [3.8, 4) is 0 Å². The van der Waals surface area contributed by atoms with E-state index in [1.165, 1.54) is 18.3 Å². The molecule has 0 aromatic carbocycles. The molecule has 1 aliphatic rings. The van der Waals surface area contributed by atoms with Crippen molar-refractivity contribution in [2.45, 2.75) is 39.3 Å². The molecule has 22 heavy (non-hydrogen) atoms. The highest BCUT2D eigenvalue weighted by molar-refractivity contribution is 7.14. The third kappa shape index (κ3) is 3.02. The second-order valence-electron chi connectivity index (χ2n) is 5.50. The number of rotatable bonds is 4. The Morgan fingerprint density at radius 2 is 2.36 bits per heavy atom. The maximum atomic E-state index is 11.4. The Labute approximate surface area is 132 Å². The van der Waals surface area contributed by atoms with Gasteiger partial charge in [0.2, 0.25) is 11.8 Å². The smallest absolute Gasteiger partial charge is 0.225 e. The standard InChI is InChI=1S/C14H19N5O2S/c1-9-15-13(17-21-9)12-5-4-6-19(12)7-11-8-22-14(16-11)18(3)10(2)20/h8,12H,4-7H2,1-3H3/t12-/m0/s1. The zero-order valence-electron chi connectivity index (χ0n) is 12.9. The number of aryl methyl sites for hydroxylation is 1. The highest BCUT2D eigenvalue weighted by Gasteiger charge is 2.30. The van der Waals surface area contributed by atoms with Crippen LogP contribution in [0.2, 0.25) is 0 Å². The van der Waals surface area contributed by atoms with Gasteiger partial charge in [0.25, 0.3) is 0 Å². The number of aromatic nitrogens is 3. The molecule has 0 spiro atoms. The van der Waals surface area contributed by atoms with E-state index in [4.69, 9.17) is 4.52 Å². The minimum absolute atomic E-state index is 0.0118. The Kier molecular flexibility index (Phi) is 4.21. The van der Waals surface area contributed by atoms with E-state index in [9.17, 15) is 4.79 Å². The second-order valence-corrected chi connectivity index (χ2v) is 6.34. The Morgan fingerprint density at radius 3 is 3.05 bits per heavy atom. The fourth-order valence-electron chi connectivity index (χ4n) is 2.62. The van der Waals surface area contributed by atoms with Crippen molar-refractivity contribution in [3.63, 3.8) is 0 Å². The summed E-state index contributed by atoms with van der Waals surface area (Å²) in [6.45, 7) is 5.07. The minimum atomic E-state index is -0.0118. The zero-order valence-corrected chi connectivity index (χ0v) is 13.8. The van der Waals surface area contributed by atoms with Crippen LogP contribution in [0.15, 0.2) is 9.90 Å². The first-order chi connectivity index (χ1) is 10.5. The Bertz CT molecular complexity index is 668. The highest BCUT2D eigenvalue weighted by Crippen LogP contribution is 2.32. The first-order valence-corrected chi connectivity index (χ1v) is 8.15. The number of nitrogens with zero attached hydrogens (tertiary/aromatic N) is 5. The van der Waals surface area contributed by atoms with Gasteiger partial charge in [0.1, 0.15) is 0 Å². The van der Waals surface area contributed by atoms with Gasteiger partial charge in [-0.05, 0) is 19.4 Å². The molecule has 0 N–H and O–H groups in total. The van der Waals surface area contributed by atoms with E-state index in [1.54, 1.807) is 18.9 Å². The molecule has 1 amide bonds. The lowest BCUT2D eigenvalue weighted by molar-refractivity contribution is -0.116. The lowest BCUT2D eigenvalue weighted by Gasteiger charge is -2.20. The molecule has 1 atom stereocenters. The van der Waals surface area contributed by atoms with Crippen LogP contribution < -0.4 is 4.90 Å². The zero-order chi connectivity index (χ0) is 15.7. The van der Waals surface area contributed by atoms with E-state index < -0.39 is 0 Å². The van der Waals surface area contributed by atoms with E-state index in [1.807, 2.05) is 5.38 Å². The van der Waals surface area contributed by atoms with Gasteiger partial charge >= 0.3 is 0 Å². The Morgan fingerprint density at radius 1 is 1.55 bits per heavy atom. The Hall–Kier alpha value is -1.80. The number of carbonyl (C=O) groups is 1. The second kappa shape index (κ2) is 6.13. The van der Waals surface area contributed by atoms with Crippen LogP contribution in [0.25, 0.3) is 0 Å². The maximum absolute atomic E-state index is 11.4. The van der Waals surface area contributed by atoms with Gasteiger partial charge in [0.05, 0.1) is 11.7 Å². The molecule has 1 saturated heterocycles. The van der Waals surface area contributed by atoms with Crippen LogP contribution in [-0.2, 0) is 11.3 Å². The summed E-state index contributed by atoms with van der Waals surface area (Å²) in [5.74, 6) is 1.34. The number of amides is 1. The SMILES string of the molecule is CC(=O)N(C)c1nc(CN2CCC[C@H]2c2noc(C)n2)cs1. The van der Waals surface area contributed by atoms with E-state index in [0.717, 1.165) is 42.6 Å². The van der Waals surface area contributed by atoms with Gasteiger partial charge in [-0.1, -0.05) is 5.16 Å². The summed E-state index contributed by atoms with van der Waals surface area (Å²) < 4.78 is 5.09. The Balaban J connectivity index is 1.71. The van der Waals surface area contributed by atoms with Gasteiger partial charge in [-0.2, -0.15) is 4.98 Å². The summed E-state index contributed by atoms with van der Waals surface area (Å²) in [7, 11) is 1.74. The number of thiazole rings is 1. The summed E-state index contributed by atoms with van der Waals surface area (Å²) in [6, 6.07) is 0.188. The molecule has 118 valence electrons.